The first kappa shape index (κ1) is 30.0. The number of pyridine rings is 1. The van der Waals surface area contributed by atoms with Gasteiger partial charge in [-0.25, -0.2) is 14.1 Å². The molecule has 0 radical (unpaired) electrons. The number of para-hydroxylation sites is 1. The first-order chi connectivity index (χ1) is 22.2. The minimum absolute atomic E-state index is 0.294. The van der Waals surface area contributed by atoms with Crippen LogP contribution in [0.3, 0.4) is 0 Å². The first-order valence-corrected chi connectivity index (χ1v) is 16.4. The summed E-state index contributed by atoms with van der Waals surface area (Å²) in [6, 6.07) is 25.2. The van der Waals surface area contributed by atoms with E-state index in [1.165, 1.54) is 47.3 Å². The topological polar surface area (TPSA) is 44.9 Å². The Morgan fingerprint density at radius 2 is 1.63 bits per heavy atom. The van der Waals surface area contributed by atoms with Crippen molar-refractivity contribution < 1.29 is 9.13 Å². The van der Waals surface area contributed by atoms with Gasteiger partial charge in [-0.3, -0.25) is 4.57 Å². The van der Waals surface area contributed by atoms with Gasteiger partial charge in [-0.1, -0.05) is 70.5 Å². The molecule has 3 heterocycles. The molecule has 0 N–H and O–H groups in total. The van der Waals surface area contributed by atoms with Crippen LogP contribution in [0.5, 0.6) is 11.5 Å². The third-order valence-corrected chi connectivity index (χ3v) is 9.42. The molecule has 6 aromatic rings. The highest BCUT2D eigenvalue weighted by Crippen LogP contribution is 2.45. The molecule has 1 aliphatic rings. The number of nitrogens with zero attached hydrogens (tertiary/aromatic N) is 4. The zero-order valence-corrected chi connectivity index (χ0v) is 27.5. The third-order valence-electron chi connectivity index (χ3n) is 9.42. The van der Waals surface area contributed by atoms with E-state index in [0.29, 0.717) is 35.2 Å². The van der Waals surface area contributed by atoms with E-state index in [-0.39, 0.29) is 5.82 Å². The Morgan fingerprint density at radius 1 is 0.848 bits per heavy atom. The second kappa shape index (κ2) is 11.9. The lowest BCUT2D eigenvalue weighted by Crippen LogP contribution is -2.18. The fraction of sp³-hybridized carbons (Fsp3) is 0.300. The fourth-order valence-electron chi connectivity index (χ4n) is 7.38. The zero-order chi connectivity index (χ0) is 32.1. The maximum absolute atomic E-state index is 14.3. The molecular weight excluding hydrogens is 571 g/mol. The van der Waals surface area contributed by atoms with E-state index in [0.717, 1.165) is 39.7 Å². The molecule has 3 aromatic carbocycles. The molecule has 5 nitrogen and oxygen atoms in total. The summed E-state index contributed by atoms with van der Waals surface area (Å²) < 4.78 is 25.0. The number of benzene rings is 3. The summed E-state index contributed by atoms with van der Waals surface area (Å²) in [4.78, 5) is 4.50. The van der Waals surface area contributed by atoms with Gasteiger partial charge >= 0.3 is 0 Å². The van der Waals surface area contributed by atoms with Crippen molar-refractivity contribution in [1.29, 1.82) is 0 Å². The van der Waals surface area contributed by atoms with E-state index >= 15 is 0 Å². The molecule has 2 atom stereocenters. The normalized spacial score (nSPS) is 16.9. The summed E-state index contributed by atoms with van der Waals surface area (Å²) in [5.74, 6) is 3.16. The minimum atomic E-state index is -0.326. The van der Waals surface area contributed by atoms with Gasteiger partial charge < -0.3 is 4.74 Å². The molecule has 6 heteroatoms. The Hall–Kier alpha value is -4.71. The average Bonchev–Trinajstić information content (AvgIpc) is 3.58. The number of aromatic nitrogens is 4. The van der Waals surface area contributed by atoms with E-state index in [1.807, 2.05) is 47.0 Å². The SMILES string of the molecule is CC1=CCC[C@H](C)C1c1c(C(C)C)nn(-c2cccc(Oc3ccc4c5ccccc5n(-c5cc(F)ccn5)c4c3)c2)c1C(C)C. The third kappa shape index (κ3) is 5.20. The standard InChI is InChI=1S/C40H41FN4O/c1-24(2)39-38(37-26(5)11-9-12-27(37)6)40(25(3)4)45(43-39)29-13-10-14-30(22-29)46-31-17-18-33-32-15-7-8-16-34(32)44(35(33)23-31)36-21-28(41)19-20-42-36/h7-8,10-11,13-25,27,37H,9,12H2,1-6H3/t27-,37?/m0/s1. The number of ether oxygens (including phenoxy) is 1. The molecule has 7 rings (SSSR count). The Labute approximate surface area is 270 Å². The van der Waals surface area contributed by atoms with Crippen molar-refractivity contribution in [2.24, 2.45) is 5.92 Å². The average molecular weight is 613 g/mol. The molecule has 0 fully saturated rings. The Kier molecular flexibility index (Phi) is 7.75. The highest BCUT2D eigenvalue weighted by atomic mass is 19.1. The quantitative estimate of drug-likeness (QED) is 0.169. The van der Waals surface area contributed by atoms with Crippen LogP contribution in [0.4, 0.5) is 4.39 Å². The molecular formula is C40H41FN4O. The Morgan fingerprint density at radius 3 is 2.39 bits per heavy atom. The molecule has 46 heavy (non-hydrogen) atoms. The van der Waals surface area contributed by atoms with Crippen LogP contribution in [0.2, 0.25) is 0 Å². The van der Waals surface area contributed by atoms with Gasteiger partial charge in [-0.05, 0) is 73.9 Å². The smallest absolute Gasteiger partial charge is 0.140 e. The highest BCUT2D eigenvalue weighted by Gasteiger charge is 2.33. The van der Waals surface area contributed by atoms with E-state index in [9.17, 15) is 4.39 Å². The van der Waals surface area contributed by atoms with Crippen molar-refractivity contribution in [3.63, 3.8) is 0 Å². The number of fused-ring (bicyclic) bond motifs is 3. The van der Waals surface area contributed by atoms with Gasteiger partial charge in [-0.15, -0.1) is 0 Å². The van der Waals surface area contributed by atoms with Crippen molar-refractivity contribution in [1.82, 2.24) is 19.3 Å². The number of hydrogen-bond donors (Lipinski definition) is 0. The fourth-order valence-corrected chi connectivity index (χ4v) is 7.38. The van der Waals surface area contributed by atoms with Gasteiger partial charge in [-0.2, -0.15) is 5.10 Å². The predicted octanol–water partition coefficient (Wildman–Crippen LogP) is 11.0. The summed E-state index contributed by atoms with van der Waals surface area (Å²) in [6.45, 7) is 13.7. The van der Waals surface area contributed by atoms with Gasteiger partial charge in [0.15, 0.2) is 0 Å². The predicted molar refractivity (Wildman–Crippen MR) is 185 cm³/mol. The first-order valence-electron chi connectivity index (χ1n) is 16.4. The maximum atomic E-state index is 14.3. The van der Waals surface area contributed by atoms with Crippen molar-refractivity contribution in [3.05, 3.63) is 119 Å². The van der Waals surface area contributed by atoms with Crippen molar-refractivity contribution >= 4 is 21.8 Å². The van der Waals surface area contributed by atoms with E-state index in [4.69, 9.17) is 9.84 Å². The lowest BCUT2D eigenvalue weighted by molar-refractivity contribution is 0.443. The molecule has 234 valence electrons. The van der Waals surface area contributed by atoms with Crippen molar-refractivity contribution in [3.8, 4) is 23.0 Å². The Balaban J connectivity index is 1.31. The summed E-state index contributed by atoms with van der Waals surface area (Å²) in [5.41, 5.74) is 8.18. The zero-order valence-electron chi connectivity index (χ0n) is 27.5. The van der Waals surface area contributed by atoms with Crippen molar-refractivity contribution in [2.45, 2.75) is 72.1 Å². The lowest BCUT2D eigenvalue weighted by Gasteiger charge is -2.31. The summed E-state index contributed by atoms with van der Waals surface area (Å²) in [5, 5.41) is 7.43. The molecule has 0 aliphatic heterocycles. The largest absolute Gasteiger partial charge is 0.457 e. The molecule has 1 aliphatic carbocycles. The van der Waals surface area contributed by atoms with Crippen LogP contribution in [-0.4, -0.2) is 19.3 Å². The second-order valence-corrected chi connectivity index (χ2v) is 13.3. The van der Waals surface area contributed by atoms with Gasteiger partial charge in [0.05, 0.1) is 28.1 Å². The van der Waals surface area contributed by atoms with E-state index < -0.39 is 0 Å². The van der Waals surface area contributed by atoms with Crippen LogP contribution in [0, 0.1) is 11.7 Å². The molecule has 3 aromatic heterocycles. The number of allylic oxidation sites excluding steroid dienone is 2. The van der Waals surface area contributed by atoms with Gasteiger partial charge in [0, 0.05) is 46.6 Å². The van der Waals surface area contributed by atoms with Gasteiger partial charge in [0.1, 0.15) is 23.1 Å². The molecule has 0 spiro atoms. The minimum Gasteiger partial charge on any atom is -0.457 e. The van der Waals surface area contributed by atoms with E-state index in [1.54, 1.807) is 0 Å². The molecule has 0 amide bonds. The van der Waals surface area contributed by atoms with Crippen LogP contribution in [0.1, 0.15) is 89.1 Å². The summed E-state index contributed by atoms with van der Waals surface area (Å²) >= 11 is 0. The molecule has 1 unspecified atom stereocenters. The maximum Gasteiger partial charge on any atom is 0.140 e. The van der Waals surface area contributed by atoms with Gasteiger partial charge in [0.2, 0.25) is 0 Å². The summed E-state index contributed by atoms with van der Waals surface area (Å²) in [6.07, 6.45) is 6.27. The van der Waals surface area contributed by atoms with Crippen LogP contribution in [-0.2, 0) is 0 Å². The van der Waals surface area contributed by atoms with Crippen LogP contribution in [0.25, 0.3) is 33.3 Å². The molecule has 0 bridgehead atoms. The molecule has 0 saturated heterocycles. The van der Waals surface area contributed by atoms with Crippen LogP contribution < -0.4 is 4.74 Å². The number of rotatable bonds is 7. The second-order valence-electron chi connectivity index (χ2n) is 13.3. The van der Waals surface area contributed by atoms with Crippen LogP contribution >= 0.6 is 0 Å². The number of hydrogen-bond acceptors (Lipinski definition) is 3. The van der Waals surface area contributed by atoms with Crippen LogP contribution in [0.15, 0.2) is 96.7 Å². The monoisotopic (exact) mass is 612 g/mol. The highest BCUT2D eigenvalue weighted by molar-refractivity contribution is 6.09. The summed E-state index contributed by atoms with van der Waals surface area (Å²) in [7, 11) is 0. The van der Waals surface area contributed by atoms with Gasteiger partial charge in [0.25, 0.3) is 0 Å². The Bertz CT molecular complexity index is 2100. The lowest BCUT2D eigenvalue weighted by atomic mass is 9.73. The number of halogens is 1. The van der Waals surface area contributed by atoms with Crippen molar-refractivity contribution in [2.75, 3.05) is 0 Å². The molecule has 0 saturated carbocycles. The van der Waals surface area contributed by atoms with E-state index in [2.05, 4.69) is 81.5 Å².